The fourth-order valence-electron chi connectivity index (χ4n) is 2.72. The van der Waals surface area contributed by atoms with Crippen molar-refractivity contribution in [1.82, 2.24) is 10.2 Å². The van der Waals surface area contributed by atoms with Crippen LogP contribution in [0, 0.1) is 0 Å². The van der Waals surface area contributed by atoms with Gasteiger partial charge in [-0.15, -0.1) is 0 Å². The Morgan fingerprint density at radius 1 is 1.30 bits per heavy atom. The van der Waals surface area contributed by atoms with Crippen LogP contribution in [0.2, 0.25) is 0 Å². The lowest BCUT2D eigenvalue weighted by Crippen LogP contribution is -2.49. The topological polar surface area (TPSA) is 35.5 Å². The third-order valence-corrected chi connectivity index (χ3v) is 5.34. The summed E-state index contributed by atoms with van der Waals surface area (Å²) in [6.07, 6.45) is -2.22. The number of nitrogens with zero attached hydrogens (tertiary/aromatic N) is 1. The van der Waals surface area contributed by atoms with Crippen molar-refractivity contribution in [3.63, 3.8) is 0 Å². The van der Waals surface area contributed by atoms with Crippen molar-refractivity contribution in [2.75, 3.05) is 37.7 Å². The smallest absolute Gasteiger partial charge is 0.388 e. The summed E-state index contributed by atoms with van der Waals surface area (Å²) in [7, 11) is 0. The largest absolute Gasteiger partial charge is 0.390 e. The van der Waals surface area contributed by atoms with Gasteiger partial charge in [-0.1, -0.05) is 0 Å². The third-order valence-electron chi connectivity index (χ3n) is 4.10. The molecule has 0 amide bonds. The maximum absolute atomic E-state index is 12.2. The molecule has 0 bridgehead atoms. The fraction of sp³-hybridized carbons (Fsp3) is 1.00. The number of thioether (sulfide) groups is 1. The second-order valence-corrected chi connectivity index (χ2v) is 6.99. The van der Waals surface area contributed by atoms with Gasteiger partial charge in [-0.3, -0.25) is 0 Å². The fourth-order valence-corrected chi connectivity index (χ4v) is 4.01. The summed E-state index contributed by atoms with van der Waals surface area (Å²) in [5.74, 6) is 1.79. The number of aliphatic hydroxyl groups is 1. The van der Waals surface area contributed by atoms with Gasteiger partial charge in [0.15, 0.2) is 0 Å². The van der Waals surface area contributed by atoms with E-state index in [2.05, 4.69) is 5.32 Å². The molecule has 0 spiro atoms. The number of nitrogens with one attached hydrogen (secondary N) is 1. The number of hydrogen-bond donors (Lipinski definition) is 2. The van der Waals surface area contributed by atoms with Gasteiger partial charge in [0.1, 0.15) is 0 Å². The Morgan fingerprint density at radius 3 is 2.55 bits per heavy atom. The van der Waals surface area contributed by atoms with E-state index >= 15 is 0 Å². The van der Waals surface area contributed by atoms with Crippen molar-refractivity contribution in [3.8, 4) is 0 Å². The number of piperidine rings is 1. The van der Waals surface area contributed by atoms with Crippen LogP contribution < -0.4 is 5.32 Å². The highest BCUT2D eigenvalue weighted by molar-refractivity contribution is 7.99. The first-order chi connectivity index (χ1) is 9.36. The Balaban J connectivity index is 1.62. The maximum atomic E-state index is 12.2. The number of hydrogen-bond acceptors (Lipinski definition) is 4. The molecule has 0 aliphatic carbocycles. The lowest BCUT2D eigenvalue weighted by molar-refractivity contribution is -0.138. The Hall–Kier alpha value is 0.0200. The first-order valence-electron chi connectivity index (χ1n) is 7.19. The van der Waals surface area contributed by atoms with Gasteiger partial charge >= 0.3 is 6.18 Å². The monoisotopic (exact) mass is 312 g/mol. The minimum Gasteiger partial charge on any atom is -0.388 e. The molecule has 0 aromatic carbocycles. The van der Waals surface area contributed by atoms with Crippen molar-refractivity contribution in [2.24, 2.45) is 0 Å². The number of rotatable bonds is 5. The van der Waals surface area contributed by atoms with E-state index in [1.165, 1.54) is 0 Å². The molecule has 2 heterocycles. The van der Waals surface area contributed by atoms with E-state index in [-0.39, 0.29) is 6.54 Å². The molecule has 2 saturated heterocycles. The summed E-state index contributed by atoms with van der Waals surface area (Å²) >= 11 is 1.77. The molecular formula is C13H23F3N2OS. The number of halogens is 3. The predicted octanol–water partition coefficient (Wildman–Crippen LogP) is 1.86. The van der Waals surface area contributed by atoms with E-state index < -0.39 is 18.2 Å². The van der Waals surface area contributed by atoms with E-state index in [0.717, 1.165) is 30.8 Å². The Kier molecular flexibility index (Phi) is 5.62. The van der Waals surface area contributed by atoms with Crippen molar-refractivity contribution < 1.29 is 18.3 Å². The van der Waals surface area contributed by atoms with Crippen LogP contribution in [0.15, 0.2) is 0 Å². The van der Waals surface area contributed by atoms with Crippen molar-refractivity contribution in [2.45, 2.75) is 43.5 Å². The molecular weight excluding hydrogens is 289 g/mol. The molecule has 1 atom stereocenters. The van der Waals surface area contributed by atoms with Gasteiger partial charge < -0.3 is 15.3 Å². The first-order valence-corrected chi connectivity index (χ1v) is 8.34. The molecule has 0 unspecified atom stereocenters. The Labute approximate surface area is 122 Å². The molecule has 0 aromatic rings. The van der Waals surface area contributed by atoms with Crippen LogP contribution in [0.1, 0.15) is 25.7 Å². The van der Waals surface area contributed by atoms with Crippen molar-refractivity contribution in [1.29, 1.82) is 0 Å². The zero-order valence-corrected chi connectivity index (χ0v) is 12.4. The SMILES string of the molecule is O[C@]1(CNC2CCN(CCC(F)(F)F)CC2)CCSC1. The standard InChI is InChI=1S/C13H23F3N2OS/c14-13(15,16)3-7-18-5-1-11(2-6-18)17-9-12(19)4-8-20-10-12/h11,17,19H,1-10H2/t12-/m0/s1. The van der Waals surface area contributed by atoms with E-state index in [0.29, 0.717) is 25.7 Å². The highest BCUT2D eigenvalue weighted by Gasteiger charge is 2.33. The van der Waals surface area contributed by atoms with E-state index in [1.807, 2.05) is 4.90 Å². The molecule has 2 N–H and O–H groups in total. The molecule has 2 aliphatic rings. The molecule has 118 valence electrons. The van der Waals surface area contributed by atoms with Gasteiger partial charge in [-0.25, -0.2) is 0 Å². The summed E-state index contributed by atoms with van der Waals surface area (Å²) in [4.78, 5) is 1.88. The van der Waals surface area contributed by atoms with E-state index in [9.17, 15) is 18.3 Å². The van der Waals surface area contributed by atoms with Crippen LogP contribution in [-0.4, -0.2) is 65.5 Å². The van der Waals surface area contributed by atoms with Gasteiger partial charge in [0, 0.05) is 24.9 Å². The summed E-state index contributed by atoms with van der Waals surface area (Å²) in [6.45, 7) is 2.13. The van der Waals surface area contributed by atoms with Gasteiger partial charge in [-0.2, -0.15) is 24.9 Å². The van der Waals surface area contributed by atoms with Crippen LogP contribution in [0.4, 0.5) is 13.2 Å². The van der Waals surface area contributed by atoms with Crippen LogP contribution >= 0.6 is 11.8 Å². The van der Waals surface area contributed by atoms with Gasteiger partial charge in [0.25, 0.3) is 0 Å². The summed E-state index contributed by atoms with van der Waals surface area (Å²) in [5, 5.41) is 13.6. The molecule has 0 aromatic heterocycles. The number of alkyl halides is 3. The van der Waals surface area contributed by atoms with Gasteiger partial charge in [0.05, 0.1) is 12.0 Å². The highest BCUT2D eigenvalue weighted by Crippen LogP contribution is 2.27. The molecule has 2 fully saturated rings. The van der Waals surface area contributed by atoms with Gasteiger partial charge in [0.2, 0.25) is 0 Å². The van der Waals surface area contributed by atoms with Crippen molar-refractivity contribution >= 4 is 11.8 Å². The molecule has 2 aliphatic heterocycles. The van der Waals surface area contributed by atoms with Crippen LogP contribution in [0.3, 0.4) is 0 Å². The zero-order valence-electron chi connectivity index (χ0n) is 11.6. The minimum atomic E-state index is -4.06. The molecule has 0 radical (unpaired) electrons. The molecule has 0 saturated carbocycles. The maximum Gasteiger partial charge on any atom is 0.390 e. The van der Waals surface area contributed by atoms with Crippen LogP contribution in [0.25, 0.3) is 0 Å². The summed E-state index contributed by atoms with van der Waals surface area (Å²) < 4.78 is 36.5. The Bertz CT molecular complexity index is 300. The molecule has 20 heavy (non-hydrogen) atoms. The lowest BCUT2D eigenvalue weighted by Gasteiger charge is -2.34. The van der Waals surface area contributed by atoms with E-state index in [1.54, 1.807) is 11.8 Å². The minimum absolute atomic E-state index is 0.108. The average molecular weight is 312 g/mol. The second kappa shape index (κ2) is 6.85. The van der Waals surface area contributed by atoms with Crippen LogP contribution in [0.5, 0.6) is 0 Å². The molecule has 7 heteroatoms. The lowest BCUT2D eigenvalue weighted by atomic mass is 10.0. The zero-order chi connectivity index (χ0) is 14.6. The normalized spacial score (nSPS) is 30.0. The van der Waals surface area contributed by atoms with Gasteiger partial charge in [-0.05, 0) is 38.1 Å². The van der Waals surface area contributed by atoms with E-state index in [4.69, 9.17) is 0 Å². The highest BCUT2D eigenvalue weighted by atomic mass is 32.2. The van der Waals surface area contributed by atoms with Crippen molar-refractivity contribution in [3.05, 3.63) is 0 Å². The molecule has 3 nitrogen and oxygen atoms in total. The second-order valence-electron chi connectivity index (χ2n) is 5.89. The summed E-state index contributed by atoms with van der Waals surface area (Å²) in [6, 6.07) is 0.326. The predicted molar refractivity (Wildman–Crippen MR) is 75.0 cm³/mol. The number of likely N-dealkylation sites (tertiary alicyclic amines) is 1. The summed E-state index contributed by atoms with van der Waals surface area (Å²) in [5.41, 5.74) is -0.585. The molecule has 2 rings (SSSR count). The third kappa shape index (κ3) is 5.42. The average Bonchev–Trinajstić information content (AvgIpc) is 2.82. The first kappa shape index (κ1) is 16.4. The Morgan fingerprint density at radius 2 is 2.00 bits per heavy atom. The van der Waals surface area contributed by atoms with Crippen LogP contribution in [-0.2, 0) is 0 Å². The quantitative estimate of drug-likeness (QED) is 0.812.